The molecule has 1 aliphatic rings. The fourth-order valence-corrected chi connectivity index (χ4v) is 1.21. The summed E-state index contributed by atoms with van der Waals surface area (Å²) in [6.45, 7) is 1.91. The first kappa shape index (κ1) is 8.81. The topological polar surface area (TPSA) is 68.2 Å². The van der Waals surface area contributed by atoms with Crippen LogP contribution in [0.25, 0.3) is 0 Å². The Bertz CT molecular complexity index is 210. The third-order valence-corrected chi connectivity index (χ3v) is 1.87. The fourth-order valence-electron chi connectivity index (χ4n) is 1.21. The monoisotopic (exact) mass is 168 g/mol. The van der Waals surface area contributed by atoms with Gasteiger partial charge in [-0.25, -0.2) is 4.79 Å². The van der Waals surface area contributed by atoms with Gasteiger partial charge in [-0.3, -0.25) is 0 Å². The Balaban J connectivity index is 2.60. The van der Waals surface area contributed by atoms with Crippen molar-refractivity contribution >= 4 is 6.03 Å². The molecule has 0 aromatic rings. The maximum atomic E-state index is 11.2. The Morgan fingerprint density at radius 3 is 3.17 bits per heavy atom. The summed E-state index contributed by atoms with van der Waals surface area (Å²) in [5.74, 6) is 0. The zero-order chi connectivity index (χ0) is 8.97. The van der Waals surface area contributed by atoms with Crippen molar-refractivity contribution in [1.29, 1.82) is 5.26 Å². The molecule has 1 saturated heterocycles. The number of nitrogens with zero attached hydrogens (tertiary/aromatic N) is 2. The van der Waals surface area contributed by atoms with Crippen LogP contribution >= 0.6 is 0 Å². The second kappa shape index (κ2) is 3.93. The SMILES string of the molecule is CNC(=O)N1CCNCC1C#N. The molecule has 1 atom stereocenters. The smallest absolute Gasteiger partial charge is 0.318 e. The molecule has 1 rings (SSSR count). The maximum absolute atomic E-state index is 11.2. The van der Waals surface area contributed by atoms with Crippen LogP contribution in [0, 0.1) is 11.3 Å². The van der Waals surface area contributed by atoms with Gasteiger partial charge in [-0.05, 0) is 0 Å². The molecule has 1 aliphatic heterocycles. The van der Waals surface area contributed by atoms with Crippen molar-refractivity contribution in [2.24, 2.45) is 0 Å². The normalized spacial score (nSPS) is 23.0. The van der Waals surface area contributed by atoms with E-state index in [1.807, 2.05) is 0 Å². The molecule has 1 unspecified atom stereocenters. The van der Waals surface area contributed by atoms with Crippen molar-refractivity contribution in [2.75, 3.05) is 26.7 Å². The van der Waals surface area contributed by atoms with E-state index in [-0.39, 0.29) is 12.1 Å². The van der Waals surface area contributed by atoms with E-state index in [0.717, 1.165) is 6.54 Å². The van der Waals surface area contributed by atoms with Crippen LogP contribution in [0.5, 0.6) is 0 Å². The van der Waals surface area contributed by atoms with Gasteiger partial charge in [0.05, 0.1) is 6.07 Å². The number of nitriles is 1. The third-order valence-electron chi connectivity index (χ3n) is 1.87. The van der Waals surface area contributed by atoms with E-state index >= 15 is 0 Å². The van der Waals surface area contributed by atoms with Gasteiger partial charge in [-0.15, -0.1) is 0 Å². The summed E-state index contributed by atoms with van der Waals surface area (Å²) in [5, 5.41) is 14.3. The second-order valence-corrected chi connectivity index (χ2v) is 2.60. The predicted octanol–water partition coefficient (Wildman–Crippen LogP) is -0.877. The fraction of sp³-hybridized carbons (Fsp3) is 0.714. The molecule has 5 heteroatoms. The molecule has 1 heterocycles. The summed E-state index contributed by atoms with van der Waals surface area (Å²) in [7, 11) is 1.57. The van der Waals surface area contributed by atoms with E-state index in [0.29, 0.717) is 13.1 Å². The van der Waals surface area contributed by atoms with Gasteiger partial charge in [0.1, 0.15) is 6.04 Å². The molecule has 0 spiro atoms. The average molecular weight is 168 g/mol. The molecule has 66 valence electrons. The van der Waals surface area contributed by atoms with E-state index in [1.165, 1.54) is 4.90 Å². The summed E-state index contributed by atoms with van der Waals surface area (Å²) >= 11 is 0. The zero-order valence-corrected chi connectivity index (χ0v) is 7.00. The third kappa shape index (κ3) is 1.66. The summed E-state index contributed by atoms with van der Waals surface area (Å²) in [4.78, 5) is 12.7. The minimum Gasteiger partial charge on any atom is -0.341 e. The van der Waals surface area contributed by atoms with E-state index in [2.05, 4.69) is 16.7 Å². The Morgan fingerprint density at radius 1 is 1.83 bits per heavy atom. The molecule has 2 amide bonds. The van der Waals surface area contributed by atoms with E-state index < -0.39 is 0 Å². The first-order chi connectivity index (χ1) is 5.79. The standard InChI is InChI=1S/C7H12N4O/c1-9-7(12)11-3-2-10-5-6(11)4-8/h6,10H,2-3,5H2,1H3,(H,9,12). The lowest BCUT2D eigenvalue weighted by Crippen LogP contribution is -2.55. The highest BCUT2D eigenvalue weighted by Gasteiger charge is 2.24. The molecule has 1 fully saturated rings. The average Bonchev–Trinajstić information content (AvgIpc) is 2.16. The van der Waals surface area contributed by atoms with Crippen molar-refractivity contribution < 1.29 is 4.79 Å². The van der Waals surface area contributed by atoms with Crippen molar-refractivity contribution in [3.05, 3.63) is 0 Å². The minimum atomic E-state index is -0.335. The molecule has 12 heavy (non-hydrogen) atoms. The van der Waals surface area contributed by atoms with Gasteiger partial charge in [0.25, 0.3) is 0 Å². The van der Waals surface area contributed by atoms with Gasteiger partial charge >= 0.3 is 6.03 Å². The largest absolute Gasteiger partial charge is 0.341 e. The van der Waals surface area contributed by atoms with Gasteiger partial charge in [-0.1, -0.05) is 0 Å². The van der Waals surface area contributed by atoms with Crippen molar-refractivity contribution in [3.8, 4) is 6.07 Å². The van der Waals surface area contributed by atoms with Crippen molar-refractivity contribution in [1.82, 2.24) is 15.5 Å². The molecule has 0 radical (unpaired) electrons. The lowest BCUT2D eigenvalue weighted by Gasteiger charge is -2.31. The molecule has 5 nitrogen and oxygen atoms in total. The van der Waals surface area contributed by atoms with Gasteiger partial charge in [0, 0.05) is 26.7 Å². The summed E-state index contributed by atoms with van der Waals surface area (Å²) < 4.78 is 0. The number of amides is 2. The molecule has 0 bridgehead atoms. The number of hydrogen-bond donors (Lipinski definition) is 2. The molecule has 0 aromatic carbocycles. The number of hydrogen-bond acceptors (Lipinski definition) is 3. The van der Waals surface area contributed by atoms with Gasteiger partial charge in [0.2, 0.25) is 0 Å². The maximum Gasteiger partial charge on any atom is 0.318 e. The molecule has 0 aromatic heterocycles. The minimum absolute atomic E-state index is 0.178. The molecule has 0 saturated carbocycles. The lowest BCUT2D eigenvalue weighted by molar-refractivity contribution is 0.177. The Morgan fingerprint density at radius 2 is 2.58 bits per heavy atom. The number of urea groups is 1. The predicted molar refractivity (Wildman–Crippen MR) is 43.4 cm³/mol. The molecular formula is C7H12N4O. The zero-order valence-electron chi connectivity index (χ0n) is 7.00. The van der Waals surface area contributed by atoms with Crippen LogP contribution in [0.15, 0.2) is 0 Å². The van der Waals surface area contributed by atoms with Crippen LogP contribution in [0.3, 0.4) is 0 Å². The van der Waals surface area contributed by atoms with Crippen molar-refractivity contribution in [2.45, 2.75) is 6.04 Å². The number of carbonyl (C=O) groups excluding carboxylic acids is 1. The number of rotatable bonds is 0. The summed E-state index contributed by atoms with van der Waals surface area (Å²) in [6, 6.07) is 1.56. The summed E-state index contributed by atoms with van der Waals surface area (Å²) in [6.07, 6.45) is 0. The van der Waals surface area contributed by atoms with E-state index in [9.17, 15) is 4.79 Å². The van der Waals surface area contributed by atoms with Crippen LogP contribution in [-0.4, -0.2) is 43.7 Å². The quantitative estimate of drug-likeness (QED) is 0.493. The number of nitrogens with one attached hydrogen (secondary N) is 2. The highest BCUT2D eigenvalue weighted by atomic mass is 16.2. The lowest BCUT2D eigenvalue weighted by atomic mass is 10.2. The van der Waals surface area contributed by atoms with Crippen LogP contribution in [0.4, 0.5) is 4.79 Å². The van der Waals surface area contributed by atoms with Gasteiger partial charge in [-0.2, -0.15) is 5.26 Å². The highest BCUT2D eigenvalue weighted by Crippen LogP contribution is 2.01. The highest BCUT2D eigenvalue weighted by molar-refractivity contribution is 5.74. The molecule has 0 aliphatic carbocycles. The second-order valence-electron chi connectivity index (χ2n) is 2.60. The molecular weight excluding hydrogens is 156 g/mol. The molecule has 2 N–H and O–H groups in total. The first-order valence-electron chi connectivity index (χ1n) is 3.88. The Labute approximate surface area is 71.3 Å². The Hall–Kier alpha value is -1.28. The van der Waals surface area contributed by atoms with Crippen LogP contribution in [-0.2, 0) is 0 Å². The van der Waals surface area contributed by atoms with Gasteiger partial charge < -0.3 is 15.5 Å². The van der Waals surface area contributed by atoms with Crippen LogP contribution < -0.4 is 10.6 Å². The first-order valence-corrected chi connectivity index (χ1v) is 3.88. The summed E-state index contributed by atoms with van der Waals surface area (Å²) in [5.41, 5.74) is 0. The number of piperazine rings is 1. The Kier molecular flexibility index (Phi) is 2.88. The van der Waals surface area contributed by atoms with Gasteiger partial charge in [0.15, 0.2) is 0 Å². The van der Waals surface area contributed by atoms with Crippen molar-refractivity contribution in [3.63, 3.8) is 0 Å². The van der Waals surface area contributed by atoms with E-state index in [4.69, 9.17) is 5.26 Å². The van der Waals surface area contributed by atoms with Crippen LogP contribution in [0.2, 0.25) is 0 Å². The van der Waals surface area contributed by atoms with Crippen LogP contribution in [0.1, 0.15) is 0 Å². The number of carbonyl (C=O) groups is 1. The van der Waals surface area contributed by atoms with E-state index in [1.54, 1.807) is 7.05 Å².